The molecule has 0 aliphatic rings. The lowest BCUT2D eigenvalue weighted by Crippen LogP contribution is -2.27. The second kappa shape index (κ2) is 7.74. The number of halogens is 1. The van der Waals surface area contributed by atoms with E-state index in [9.17, 15) is 4.79 Å². The first kappa shape index (κ1) is 16.2. The summed E-state index contributed by atoms with van der Waals surface area (Å²) in [5.41, 5.74) is 2.30. The van der Waals surface area contributed by atoms with E-state index in [0.717, 1.165) is 9.24 Å². The molecular weight excluding hydrogens is 330 g/mol. The van der Waals surface area contributed by atoms with Crippen molar-refractivity contribution in [3.8, 4) is 0 Å². The van der Waals surface area contributed by atoms with Gasteiger partial charge in [-0.25, -0.2) is 0 Å². The van der Waals surface area contributed by atoms with Crippen molar-refractivity contribution < 1.29 is 9.53 Å². The number of nitrogens with one attached hydrogen (secondary N) is 1. The standard InChI is InChI=1S/C13H14ClN3O2S2/c1-3-19-8(2)12(18)16-9-4-5-11(10(14)6-9)21-13-17-15-7-20-13/h4-8H,3H2,1-2H3,(H,16,18)/t8-/m0/s1. The van der Waals surface area contributed by atoms with Gasteiger partial charge in [0, 0.05) is 17.2 Å². The molecule has 8 heteroatoms. The van der Waals surface area contributed by atoms with Crippen LogP contribution in [0, 0.1) is 0 Å². The summed E-state index contributed by atoms with van der Waals surface area (Å²) >= 11 is 9.11. The Labute approximate surface area is 136 Å². The van der Waals surface area contributed by atoms with Crippen molar-refractivity contribution in [2.75, 3.05) is 11.9 Å². The fourth-order valence-electron chi connectivity index (χ4n) is 1.53. The predicted octanol–water partition coefficient (Wildman–Crippen LogP) is 3.71. The highest BCUT2D eigenvalue weighted by molar-refractivity contribution is 8.01. The molecule has 1 amide bonds. The number of hydrogen-bond donors (Lipinski definition) is 1. The summed E-state index contributed by atoms with van der Waals surface area (Å²) in [5, 5.41) is 11.1. The maximum Gasteiger partial charge on any atom is 0.253 e. The lowest BCUT2D eigenvalue weighted by Gasteiger charge is -2.12. The number of benzene rings is 1. The number of carbonyl (C=O) groups is 1. The topological polar surface area (TPSA) is 64.1 Å². The smallest absolute Gasteiger partial charge is 0.253 e. The predicted molar refractivity (Wildman–Crippen MR) is 85.2 cm³/mol. The highest BCUT2D eigenvalue weighted by Crippen LogP contribution is 2.35. The SMILES string of the molecule is CCO[C@@H](C)C(=O)Nc1ccc(Sc2nncs2)c(Cl)c1. The number of aromatic nitrogens is 2. The lowest BCUT2D eigenvalue weighted by molar-refractivity contribution is -0.126. The van der Waals surface area contributed by atoms with Gasteiger partial charge in [0.2, 0.25) is 0 Å². The van der Waals surface area contributed by atoms with E-state index in [0.29, 0.717) is 17.3 Å². The van der Waals surface area contributed by atoms with Crippen LogP contribution < -0.4 is 5.32 Å². The molecule has 21 heavy (non-hydrogen) atoms. The molecule has 2 aromatic rings. The molecule has 0 radical (unpaired) electrons. The fourth-order valence-corrected chi connectivity index (χ4v) is 3.27. The summed E-state index contributed by atoms with van der Waals surface area (Å²) in [7, 11) is 0. The Balaban J connectivity index is 2.03. The number of carbonyl (C=O) groups excluding carboxylic acids is 1. The minimum atomic E-state index is -0.496. The van der Waals surface area contributed by atoms with E-state index in [1.165, 1.54) is 23.1 Å². The number of anilines is 1. The van der Waals surface area contributed by atoms with Crippen LogP contribution in [0.1, 0.15) is 13.8 Å². The van der Waals surface area contributed by atoms with Crippen molar-refractivity contribution in [1.29, 1.82) is 0 Å². The number of amides is 1. The van der Waals surface area contributed by atoms with Gasteiger partial charge in [-0.3, -0.25) is 4.79 Å². The van der Waals surface area contributed by atoms with Gasteiger partial charge in [0.1, 0.15) is 11.6 Å². The molecule has 5 nitrogen and oxygen atoms in total. The van der Waals surface area contributed by atoms with Crippen LogP contribution in [0.15, 0.2) is 32.9 Å². The van der Waals surface area contributed by atoms with E-state index in [2.05, 4.69) is 15.5 Å². The van der Waals surface area contributed by atoms with Crippen molar-refractivity contribution in [2.45, 2.75) is 29.2 Å². The summed E-state index contributed by atoms with van der Waals surface area (Å²) in [5.74, 6) is -0.197. The van der Waals surface area contributed by atoms with Gasteiger partial charge in [-0.2, -0.15) is 0 Å². The summed E-state index contributed by atoms with van der Waals surface area (Å²) in [6.45, 7) is 4.05. The summed E-state index contributed by atoms with van der Waals surface area (Å²) < 4.78 is 6.06. The molecule has 0 unspecified atom stereocenters. The Hall–Kier alpha value is -1.15. The molecule has 1 N–H and O–H groups in total. The molecule has 0 fully saturated rings. The second-order valence-corrected chi connectivity index (χ2v) is 6.57. The first-order valence-corrected chi connectivity index (χ1v) is 8.33. The third kappa shape index (κ3) is 4.67. The van der Waals surface area contributed by atoms with Crippen LogP contribution in [0.4, 0.5) is 5.69 Å². The van der Waals surface area contributed by atoms with Crippen molar-refractivity contribution in [3.63, 3.8) is 0 Å². The van der Waals surface area contributed by atoms with Crippen molar-refractivity contribution in [1.82, 2.24) is 10.2 Å². The summed E-state index contributed by atoms with van der Waals surface area (Å²) in [6.07, 6.45) is -0.496. The van der Waals surface area contributed by atoms with E-state index >= 15 is 0 Å². The monoisotopic (exact) mass is 343 g/mol. The van der Waals surface area contributed by atoms with Gasteiger partial charge >= 0.3 is 0 Å². The molecule has 2 rings (SSSR count). The molecule has 0 spiro atoms. The van der Waals surface area contributed by atoms with Gasteiger partial charge in [0.15, 0.2) is 4.34 Å². The van der Waals surface area contributed by atoms with Crippen molar-refractivity contribution in [3.05, 3.63) is 28.7 Å². The average molecular weight is 344 g/mol. The molecule has 0 bridgehead atoms. The van der Waals surface area contributed by atoms with Crippen molar-refractivity contribution >= 4 is 46.3 Å². The highest BCUT2D eigenvalue weighted by atomic mass is 35.5. The molecule has 1 aromatic carbocycles. The van der Waals surface area contributed by atoms with E-state index in [-0.39, 0.29) is 5.91 Å². The number of ether oxygens (including phenoxy) is 1. The third-order valence-electron chi connectivity index (χ3n) is 2.52. The molecule has 1 atom stereocenters. The second-order valence-electron chi connectivity index (χ2n) is 4.04. The van der Waals surface area contributed by atoms with Crippen LogP contribution in [0.5, 0.6) is 0 Å². The molecular formula is C13H14ClN3O2S2. The van der Waals surface area contributed by atoms with Gasteiger partial charge in [-0.05, 0) is 32.0 Å². The molecule has 0 saturated heterocycles. The minimum absolute atomic E-state index is 0.197. The molecule has 0 saturated carbocycles. The van der Waals surface area contributed by atoms with Gasteiger partial charge < -0.3 is 10.1 Å². The van der Waals surface area contributed by atoms with Crippen LogP contribution in [0.25, 0.3) is 0 Å². The number of nitrogens with zero attached hydrogens (tertiary/aromatic N) is 2. The number of rotatable bonds is 6. The Morgan fingerprint density at radius 2 is 2.38 bits per heavy atom. The van der Waals surface area contributed by atoms with Crippen molar-refractivity contribution in [2.24, 2.45) is 0 Å². The van der Waals surface area contributed by atoms with Gasteiger partial charge in [0.05, 0.1) is 5.02 Å². The van der Waals surface area contributed by atoms with Crippen LogP contribution in [-0.2, 0) is 9.53 Å². The first-order valence-electron chi connectivity index (χ1n) is 6.26. The Kier molecular flexibility index (Phi) is 5.98. The first-order chi connectivity index (χ1) is 10.1. The van der Waals surface area contributed by atoms with Crippen LogP contribution in [-0.4, -0.2) is 28.8 Å². The number of hydrogen-bond acceptors (Lipinski definition) is 6. The Morgan fingerprint density at radius 1 is 1.57 bits per heavy atom. The average Bonchev–Trinajstić information content (AvgIpc) is 2.95. The zero-order valence-corrected chi connectivity index (χ0v) is 13.9. The Morgan fingerprint density at radius 3 is 3.00 bits per heavy atom. The summed E-state index contributed by atoms with van der Waals surface area (Å²) in [4.78, 5) is 12.7. The summed E-state index contributed by atoms with van der Waals surface area (Å²) in [6, 6.07) is 5.35. The normalized spacial score (nSPS) is 12.1. The Bertz CT molecular complexity index is 607. The quantitative estimate of drug-likeness (QED) is 0.866. The molecule has 1 aromatic heterocycles. The van der Waals surface area contributed by atoms with Gasteiger partial charge in [-0.1, -0.05) is 34.7 Å². The zero-order valence-electron chi connectivity index (χ0n) is 11.5. The maximum absolute atomic E-state index is 11.9. The van der Waals surface area contributed by atoms with Gasteiger partial charge in [0.25, 0.3) is 5.91 Å². The molecule has 112 valence electrons. The molecule has 0 aliphatic heterocycles. The largest absolute Gasteiger partial charge is 0.369 e. The molecule has 0 aliphatic carbocycles. The van der Waals surface area contributed by atoms with Crippen LogP contribution >= 0.6 is 34.7 Å². The minimum Gasteiger partial charge on any atom is -0.369 e. The van der Waals surface area contributed by atoms with E-state index < -0.39 is 6.10 Å². The van der Waals surface area contributed by atoms with Crippen LogP contribution in [0.3, 0.4) is 0 Å². The van der Waals surface area contributed by atoms with Gasteiger partial charge in [-0.15, -0.1) is 10.2 Å². The lowest BCUT2D eigenvalue weighted by atomic mass is 10.3. The zero-order chi connectivity index (χ0) is 15.2. The van der Waals surface area contributed by atoms with E-state index in [1.807, 2.05) is 13.0 Å². The van der Waals surface area contributed by atoms with E-state index in [4.69, 9.17) is 16.3 Å². The molecule has 1 heterocycles. The third-order valence-corrected chi connectivity index (χ3v) is 4.80. The highest BCUT2D eigenvalue weighted by Gasteiger charge is 2.13. The fraction of sp³-hybridized carbons (Fsp3) is 0.308. The maximum atomic E-state index is 11.9. The van der Waals surface area contributed by atoms with Crippen LogP contribution in [0.2, 0.25) is 5.02 Å². The van der Waals surface area contributed by atoms with E-state index in [1.54, 1.807) is 24.6 Å².